The number of hydrogen-bond acceptors (Lipinski definition) is 4. The van der Waals surface area contributed by atoms with Gasteiger partial charge >= 0.3 is 0 Å². The fourth-order valence-corrected chi connectivity index (χ4v) is 2.12. The van der Waals surface area contributed by atoms with Gasteiger partial charge in [-0.15, -0.1) is 0 Å². The van der Waals surface area contributed by atoms with E-state index in [0.29, 0.717) is 18.4 Å². The normalized spacial score (nSPS) is 22.5. The second-order valence-corrected chi connectivity index (χ2v) is 4.51. The van der Waals surface area contributed by atoms with Gasteiger partial charge in [0.15, 0.2) is 0 Å². The highest BCUT2D eigenvalue weighted by Crippen LogP contribution is 2.15. The Kier molecular flexibility index (Phi) is 5.04. The monoisotopic (exact) mass is 239 g/mol. The van der Waals surface area contributed by atoms with E-state index in [1.54, 1.807) is 18.4 Å². The second-order valence-electron chi connectivity index (χ2n) is 4.51. The zero-order chi connectivity index (χ0) is 11.9. The van der Waals surface area contributed by atoms with Crippen LogP contribution in [0.5, 0.6) is 0 Å². The molecule has 0 bridgehead atoms. The van der Waals surface area contributed by atoms with Crippen molar-refractivity contribution >= 4 is 0 Å². The number of aliphatic hydroxyl groups is 1. The van der Waals surface area contributed by atoms with Gasteiger partial charge in [0.25, 0.3) is 0 Å². The van der Waals surface area contributed by atoms with Gasteiger partial charge in [-0.2, -0.15) is 0 Å². The molecule has 1 fully saturated rings. The van der Waals surface area contributed by atoms with Gasteiger partial charge in [-0.05, 0) is 44.4 Å². The molecule has 0 aromatic carbocycles. The Morgan fingerprint density at radius 3 is 3.12 bits per heavy atom. The van der Waals surface area contributed by atoms with Gasteiger partial charge in [-0.25, -0.2) is 0 Å². The Morgan fingerprint density at radius 2 is 2.41 bits per heavy atom. The third kappa shape index (κ3) is 4.15. The summed E-state index contributed by atoms with van der Waals surface area (Å²) in [6.45, 7) is 2.31. The predicted octanol–water partition coefficient (Wildman–Crippen LogP) is 1.86. The fourth-order valence-electron chi connectivity index (χ4n) is 2.12. The summed E-state index contributed by atoms with van der Waals surface area (Å²) in [7, 11) is 0. The van der Waals surface area contributed by atoms with Gasteiger partial charge in [0.2, 0.25) is 0 Å². The Balaban J connectivity index is 1.56. The molecule has 0 aliphatic carbocycles. The van der Waals surface area contributed by atoms with Gasteiger partial charge in [-0.1, -0.05) is 0 Å². The van der Waals surface area contributed by atoms with Gasteiger partial charge in [-0.3, -0.25) is 0 Å². The average Bonchev–Trinajstić information content (AvgIpc) is 2.89. The van der Waals surface area contributed by atoms with E-state index >= 15 is 0 Å². The molecule has 2 rings (SSSR count). The maximum Gasteiger partial charge on any atom is 0.133 e. The molecule has 0 saturated carbocycles. The minimum atomic E-state index is -0.558. The maximum absolute atomic E-state index is 9.76. The highest BCUT2D eigenvalue weighted by atomic mass is 16.5. The van der Waals surface area contributed by atoms with Crippen molar-refractivity contribution in [2.45, 2.75) is 37.9 Å². The smallest absolute Gasteiger partial charge is 0.133 e. The molecule has 96 valence electrons. The second kappa shape index (κ2) is 6.79. The van der Waals surface area contributed by atoms with Crippen molar-refractivity contribution in [1.82, 2.24) is 5.32 Å². The van der Waals surface area contributed by atoms with Crippen molar-refractivity contribution in [1.29, 1.82) is 0 Å². The molecule has 4 heteroatoms. The van der Waals surface area contributed by atoms with Gasteiger partial charge in [0.05, 0.1) is 12.4 Å². The predicted molar refractivity (Wildman–Crippen MR) is 64.7 cm³/mol. The minimum absolute atomic E-state index is 0.400. The van der Waals surface area contributed by atoms with E-state index in [0.717, 1.165) is 19.6 Å². The molecular formula is C13H21NO3. The molecule has 2 unspecified atom stereocenters. The summed E-state index contributed by atoms with van der Waals surface area (Å²) in [6.07, 6.45) is 6.08. The Morgan fingerprint density at radius 1 is 1.47 bits per heavy atom. The van der Waals surface area contributed by atoms with Crippen molar-refractivity contribution in [2.75, 3.05) is 19.7 Å². The number of hydrogen-bond donors (Lipinski definition) is 2. The van der Waals surface area contributed by atoms with Crippen LogP contribution in [0.4, 0.5) is 0 Å². The highest BCUT2D eigenvalue weighted by molar-refractivity contribution is 5.02. The summed E-state index contributed by atoms with van der Waals surface area (Å²) in [5.41, 5.74) is 0. The summed E-state index contributed by atoms with van der Waals surface area (Å²) in [5, 5.41) is 13.0. The van der Waals surface area contributed by atoms with Crippen LogP contribution in [0.2, 0.25) is 0 Å². The lowest BCUT2D eigenvalue weighted by Gasteiger charge is -2.22. The Labute approximate surface area is 102 Å². The first-order chi connectivity index (χ1) is 8.36. The molecule has 1 aliphatic rings. The molecule has 1 aliphatic heterocycles. The first-order valence-electron chi connectivity index (χ1n) is 6.40. The molecule has 4 nitrogen and oxygen atoms in total. The van der Waals surface area contributed by atoms with Gasteiger partial charge in [0, 0.05) is 13.2 Å². The van der Waals surface area contributed by atoms with Crippen LogP contribution in [0.15, 0.2) is 22.8 Å². The third-order valence-electron chi connectivity index (χ3n) is 3.13. The lowest BCUT2D eigenvalue weighted by molar-refractivity contribution is 0.0110. The molecule has 1 aromatic rings. The first kappa shape index (κ1) is 12.6. The van der Waals surface area contributed by atoms with Crippen LogP contribution in [0.25, 0.3) is 0 Å². The van der Waals surface area contributed by atoms with Crippen molar-refractivity contribution in [3.05, 3.63) is 24.2 Å². The first-order valence-corrected chi connectivity index (χ1v) is 6.40. The minimum Gasteiger partial charge on any atom is -0.467 e. The lowest BCUT2D eigenvalue weighted by Crippen LogP contribution is -2.27. The molecule has 0 amide bonds. The van der Waals surface area contributed by atoms with Crippen LogP contribution >= 0.6 is 0 Å². The van der Waals surface area contributed by atoms with E-state index in [4.69, 9.17) is 9.15 Å². The largest absolute Gasteiger partial charge is 0.467 e. The average molecular weight is 239 g/mol. The van der Waals surface area contributed by atoms with Gasteiger partial charge in [0.1, 0.15) is 11.9 Å². The third-order valence-corrected chi connectivity index (χ3v) is 3.13. The van der Waals surface area contributed by atoms with Crippen LogP contribution in [-0.4, -0.2) is 30.9 Å². The molecule has 17 heavy (non-hydrogen) atoms. The fraction of sp³-hybridized carbons (Fsp3) is 0.692. The van der Waals surface area contributed by atoms with Gasteiger partial charge < -0.3 is 19.6 Å². The van der Waals surface area contributed by atoms with E-state index in [1.165, 1.54) is 19.3 Å². The van der Waals surface area contributed by atoms with E-state index in [2.05, 4.69) is 5.32 Å². The molecule has 0 radical (unpaired) electrons. The molecule has 1 aromatic heterocycles. The standard InChI is InChI=1S/C13H21NO3/c15-12(13-5-3-9-17-13)10-14-7-6-11-4-1-2-8-16-11/h3,5,9,11-12,14-15H,1-2,4,6-8,10H2. The van der Waals surface area contributed by atoms with E-state index in [-0.39, 0.29) is 0 Å². The molecular weight excluding hydrogens is 218 g/mol. The zero-order valence-corrected chi connectivity index (χ0v) is 10.1. The summed E-state index contributed by atoms with van der Waals surface area (Å²) in [4.78, 5) is 0. The number of furan rings is 1. The van der Waals surface area contributed by atoms with E-state index in [9.17, 15) is 5.11 Å². The Hall–Kier alpha value is -0.840. The SMILES string of the molecule is OC(CNCCC1CCCCO1)c1ccco1. The van der Waals surface area contributed by atoms with Crippen molar-refractivity contribution in [3.63, 3.8) is 0 Å². The number of ether oxygens (including phenoxy) is 1. The zero-order valence-electron chi connectivity index (χ0n) is 10.1. The number of nitrogens with one attached hydrogen (secondary N) is 1. The van der Waals surface area contributed by atoms with E-state index < -0.39 is 6.10 Å². The molecule has 2 N–H and O–H groups in total. The Bertz CT molecular complexity index is 294. The topological polar surface area (TPSA) is 54.6 Å². The van der Waals surface area contributed by atoms with E-state index in [1.807, 2.05) is 0 Å². The number of aliphatic hydroxyl groups excluding tert-OH is 1. The maximum atomic E-state index is 9.76. The van der Waals surface area contributed by atoms with Crippen LogP contribution in [-0.2, 0) is 4.74 Å². The summed E-state index contributed by atoms with van der Waals surface area (Å²) in [5.74, 6) is 0.617. The summed E-state index contributed by atoms with van der Waals surface area (Å²) in [6, 6.07) is 3.57. The number of rotatable bonds is 6. The van der Waals surface area contributed by atoms with Crippen molar-refractivity contribution in [2.24, 2.45) is 0 Å². The van der Waals surface area contributed by atoms with Crippen molar-refractivity contribution < 1.29 is 14.3 Å². The highest BCUT2D eigenvalue weighted by Gasteiger charge is 2.14. The molecule has 1 saturated heterocycles. The van der Waals surface area contributed by atoms with Crippen LogP contribution in [0.3, 0.4) is 0 Å². The lowest BCUT2D eigenvalue weighted by atomic mass is 10.1. The molecule has 2 atom stereocenters. The van der Waals surface area contributed by atoms with Crippen LogP contribution in [0.1, 0.15) is 37.5 Å². The summed E-state index contributed by atoms with van der Waals surface area (Å²) >= 11 is 0. The quantitative estimate of drug-likeness (QED) is 0.744. The summed E-state index contributed by atoms with van der Waals surface area (Å²) < 4.78 is 10.8. The molecule has 2 heterocycles. The van der Waals surface area contributed by atoms with Crippen LogP contribution < -0.4 is 5.32 Å². The van der Waals surface area contributed by atoms with Crippen LogP contribution in [0, 0.1) is 0 Å². The molecule has 0 spiro atoms. The van der Waals surface area contributed by atoms with Crippen molar-refractivity contribution in [3.8, 4) is 0 Å².